The molecule has 0 aliphatic carbocycles. The molecule has 1 amide bonds. The molecule has 2 aromatic carbocycles. The molecular weight excluding hydrogens is 372 g/mol. The molecule has 0 fully saturated rings. The summed E-state index contributed by atoms with van der Waals surface area (Å²) < 4.78 is 11.4. The molecular formula is C18H15BrN2O3. The highest BCUT2D eigenvalue weighted by molar-refractivity contribution is 9.10. The number of hydrogen-bond acceptors (Lipinski definition) is 4. The number of anilines is 1. The van der Waals surface area contributed by atoms with Gasteiger partial charge in [0.25, 0.3) is 0 Å². The monoisotopic (exact) mass is 386 g/mol. The number of benzene rings is 2. The summed E-state index contributed by atoms with van der Waals surface area (Å²) in [5.74, 6) is 1.18. The third-order valence-electron chi connectivity index (χ3n) is 3.36. The van der Waals surface area contributed by atoms with Gasteiger partial charge in [-0.25, -0.2) is 0 Å². The van der Waals surface area contributed by atoms with Crippen LogP contribution in [-0.2, 0) is 11.2 Å². The second kappa shape index (κ2) is 7.31. The maximum absolute atomic E-state index is 12.1. The number of amides is 1. The lowest BCUT2D eigenvalue weighted by Crippen LogP contribution is -2.14. The Morgan fingerprint density at radius 2 is 2.04 bits per heavy atom. The first-order valence-electron chi connectivity index (χ1n) is 7.29. The van der Waals surface area contributed by atoms with E-state index in [0.717, 1.165) is 21.5 Å². The van der Waals surface area contributed by atoms with Crippen LogP contribution in [0.2, 0.25) is 0 Å². The minimum atomic E-state index is -0.154. The maximum Gasteiger partial charge on any atom is 0.230 e. The van der Waals surface area contributed by atoms with Crippen LogP contribution in [0.25, 0.3) is 11.3 Å². The van der Waals surface area contributed by atoms with Gasteiger partial charge in [-0.2, -0.15) is 0 Å². The van der Waals surface area contributed by atoms with Crippen molar-refractivity contribution in [2.75, 3.05) is 12.4 Å². The molecule has 3 aromatic rings. The lowest BCUT2D eigenvalue weighted by atomic mass is 10.1. The van der Waals surface area contributed by atoms with Crippen LogP contribution >= 0.6 is 15.9 Å². The first kappa shape index (κ1) is 16.3. The summed E-state index contributed by atoms with van der Waals surface area (Å²) in [6.07, 6.45) is 0.139. The summed E-state index contributed by atoms with van der Waals surface area (Å²) >= 11 is 3.37. The molecule has 122 valence electrons. The smallest absolute Gasteiger partial charge is 0.230 e. The fourth-order valence-electron chi connectivity index (χ4n) is 2.24. The van der Waals surface area contributed by atoms with E-state index in [1.807, 2.05) is 48.5 Å². The number of aromatic nitrogens is 1. The Morgan fingerprint density at radius 3 is 2.83 bits per heavy atom. The number of nitrogens with one attached hydrogen (secondary N) is 1. The molecule has 1 heterocycles. The van der Waals surface area contributed by atoms with Crippen molar-refractivity contribution in [2.45, 2.75) is 6.42 Å². The van der Waals surface area contributed by atoms with Gasteiger partial charge in [-0.1, -0.05) is 39.3 Å². The summed E-state index contributed by atoms with van der Waals surface area (Å²) in [5, 5.41) is 6.79. The van der Waals surface area contributed by atoms with E-state index < -0.39 is 0 Å². The lowest BCUT2D eigenvalue weighted by molar-refractivity contribution is -0.115. The predicted molar refractivity (Wildman–Crippen MR) is 95.0 cm³/mol. The molecule has 24 heavy (non-hydrogen) atoms. The average Bonchev–Trinajstić information content (AvgIpc) is 3.03. The van der Waals surface area contributed by atoms with Crippen molar-refractivity contribution in [3.63, 3.8) is 0 Å². The van der Waals surface area contributed by atoms with Crippen molar-refractivity contribution in [1.29, 1.82) is 0 Å². The van der Waals surface area contributed by atoms with Crippen LogP contribution in [0.5, 0.6) is 5.75 Å². The maximum atomic E-state index is 12.1. The Hall–Kier alpha value is -2.60. The fourth-order valence-corrected chi connectivity index (χ4v) is 2.64. The Labute approximate surface area is 147 Å². The number of ether oxygens (including phenoxy) is 1. The van der Waals surface area contributed by atoms with Crippen LogP contribution < -0.4 is 10.1 Å². The van der Waals surface area contributed by atoms with Gasteiger partial charge in [0.05, 0.1) is 19.2 Å². The predicted octanol–water partition coefficient (Wildman–Crippen LogP) is 4.29. The number of hydrogen-bond donors (Lipinski definition) is 1. The number of carbonyl (C=O) groups is 1. The largest absolute Gasteiger partial charge is 0.497 e. The molecule has 6 heteroatoms. The van der Waals surface area contributed by atoms with Crippen LogP contribution in [-0.4, -0.2) is 18.2 Å². The van der Waals surface area contributed by atoms with Gasteiger partial charge in [0, 0.05) is 21.8 Å². The van der Waals surface area contributed by atoms with E-state index in [0.29, 0.717) is 11.5 Å². The van der Waals surface area contributed by atoms with Gasteiger partial charge in [-0.05, 0) is 30.3 Å². The molecule has 0 saturated heterocycles. The number of nitrogens with zero attached hydrogens (tertiary/aromatic N) is 1. The molecule has 0 aliphatic heterocycles. The zero-order valence-electron chi connectivity index (χ0n) is 13.0. The highest BCUT2D eigenvalue weighted by Crippen LogP contribution is 2.24. The molecule has 0 spiro atoms. The summed E-state index contributed by atoms with van der Waals surface area (Å²) in [6.45, 7) is 0. The number of rotatable bonds is 5. The summed E-state index contributed by atoms with van der Waals surface area (Å²) in [4.78, 5) is 12.1. The van der Waals surface area contributed by atoms with Crippen molar-refractivity contribution in [1.82, 2.24) is 5.16 Å². The standard InChI is InChI=1S/C18H15BrN2O3/c1-23-16-7-2-4-12(8-16)17-10-15(21-24-17)11-18(22)20-14-6-3-5-13(19)9-14/h2-10H,11H2,1H3,(H,20,22). The normalized spacial score (nSPS) is 10.4. The highest BCUT2D eigenvalue weighted by Gasteiger charge is 2.11. The summed E-state index contributed by atoms with van der Waals surface area (Å²) in [5.41, 5.74) is 2.15. The Bertz CT molecular complexity index is 861. The molecule has 1 N–H and O–H groups in total. The van der Waals surface area contributed by atoms with Crippen molar-refractivity contribution >= 4 is 27.5 Å². The second-order valence-electron chi connectivity index (χ2n) is 5.15. The van der Waals surface area contributed by atoms with Crippen molar-refractivity contribution in [3.05, 3.63) is 64.8 Å². The minimum Gasteiger partial charge on any atom is -0.497 e. The third kappa shape index (κ3) is 4.02. The summed E-state index contributed by atoms with van der Waals surface area (Å²) in [6, 6.07) is 16.7. The van der Waals surface area contributed by atoms with Gasteiger partial charge in [0.2, 0.25) is 5.91 Å². The van der Waals surface area contributed by atoms with Crippen LogP contribution in [0.4, 0.5) is 5.69 Å². The molecule has 5 nitrogen and oxygen atoms in total. The van der Waals surface area contributed by atoms with Gasteiger partial charge < -0.3 is 14.6 Å². The number of carbonyl (C=O) groups excluding carboxylic acids is 1. The van der Waals surface area contributed by atoms with Crippen LogP contribution in [0.3, 0.4) is 0 Å². The quantitative estimate of drug-likeness (QED) is 0.709. The van der Waals surface area contributed by atoms with Gasteiger partial charge in [-0.3, -0.25) is 4.79 Å². The molecule has 0 aliphatic rings. The van der Waals surface area contributed by atoms with Crippen LogP contribution in [0.1, 0.15) is 5.69 Å². The molecule has 0 unspecified atom stereocenters. The average molecular weight is 387 g/mol. The molecule has 0 bridgehead atoms. The van der Waals surface area contributed by atoms with Crippen molar-refractivity contribution < 1.29 is 14.1 Å². The SMILES string of the molecule is COc1cccc(-c2cc(CC(=O)Nc3cccc(Br)c3)no2)c1. The second-order valence-corrected chi connectivity index (χ2v) is 6.07. The minimum absolute atomic E-state index is 0.139. The molecule has 3 rings (SSSR count). The summed E-state index contributed by atoms with van der Waals surface area (Å²) in [7, 11) is 1.61. The molecule has 0 atom stereocenters. The van der Waals surface area contributed by atoms with E-state index in [-0.39, 0.29) is 12.3 Å². The Morgan fingerprint density at radius 1 is 1.21 bits per heavy atom. The van der Waals surface area contributed by atoms with Crippen molar-refractivity contribution in [3.8, 4) is 17.1 Å². The van der Waals surface area contributed by atoms with E-state index in [4.69, 9.17) is 9.26 Å². The van der Waals surface area contributed by atoms with Gasteiger partial charge in [0.15, 0.2) is 5.76 Å². The van der Waals surface area contributed by atoms with Gasteiger partial charge >= 0.3 is 0 Å². The van der Waals surface area contributed by atoms with Gasteiger partial charge in [0.1, 0.15) is 5.75 Å². The van der Waals surface area contributed by atoms with E-state index in [1.54, 1.807) is 13.2 Å². The molecule has 0 radical (unpaired) electrons. The first-order valence-corrected chi connectivity index (χ1v) is 8.09. The zero-order valence-corrected chi connectivity index (χ0v) is 14.5. The molecule has 1 aromatic heterocycles. The highest BCUT2D eigenvalue weighted by atomic mass is 79.9. The Kier molecular flexibility index (Phi) is 4.96. The first-order chi connectivity index (χ1) is 11.6. The lowest BCUT2D eigenvalue weighted by Gasteiger charge is -2.03. The van der Waals surface area contributed by atoms with E-state index in [9.17, 15) is 4.79 Å². The van der Waals surface area contributed by atoms with E-state index in [2.05, 4.69) is 26.4 Å². The van der Waals surface area contributed by atoms with Crippen LogP contribution in [0, 0.1) is 0 Å². The Balaban J connectivity index is 1.68. The van der Waals surface area contributed by atoms with E-state index in [1.165, 1.54) is 0 Å². The number of halogens is 1. The molecule has 0 saturated carbocycles. The van der Waals surface area contributed by atoms with Crippen molar-refractivity contribution in [2.24, 2.45) is 0 Å². The van der Waals surface area contributed by atoms with Crippen LogP contribution in [0.15, 0.2) is 63.6 Å². The van der Waals surface area contributed by atoms with Gasteiger partial charge in [-0.15, -0.1) is 0 Å². The van der Waals surface area contributed by atoms with E-state index >= 15 is 0 Å². The topological polar surface area (TPSA) is 64.4 Å². The number of methoxy groups -OCH3 is 1. The zero-order chi connectivity index (χ0) is 16.9. The third-order valence-corrected chi connectivity index (χ3v) is 3.86. The fraction of sp³-hybridized carbons (Fsp3) is 0.111.